The van der Waals surface area contributed by atoms with Crippen molar-refractivity contribution in [3.05, 3.63) is 41.4 Å². The maximum absolute atomic E-state index is 13.3. The van der Waals surface area contributed by atoms with Crippen molar-refractivity contribution in [2.24, 2.45) is 0 Å². The minimum atomic E-state index is -0.467. The Morgan fingerprint density at radius 2 is 2.00 bits per heavy atom. The lowest BCUT2D eigenvalue weighted by Gasteiger charge is -2.32. The molecule has 0 bridgehead atoms. The van der Waals surface area contributed by atoms with E-state index in [1.165, 1.54) is 18.5 Å². The van der Waals surface area contributed by atoms with Crippen LogP contribution in [-0.2, 0) is 9.53 Å². The third-order valence-electron chi connectivity index (χ3n) is 4.52. The minimum absolute atomic E-state index is 0.0476. The topological polar surface area (TPSA) is 79.4 Å². The van der Waals surface area contributed by atoms with Gasteiger partial charge in [-0.05, 0) is 44.9 Å². The largest absolute Gasteiger partial charge is 0.462 e. The zero-order chi connectivity index (χ0) is 20.8. The van der Waals surface area contributed by atoms with Crippen LogP contribution in [-0.4, -0.2) is 52.6 Å². The third kappa shape index (κ3) is 6.54. The molecule has 9 heteroatoms. The summed E-state index contributed by atoms with van der Waals surface area (Å²) in [6, 6.07) is 6.46. The normalized spacial score (nSPS) is 15.3. The van der Waals surface area contributed by atoms with Gasteiger partial charge < -0.3 is 15.4 Å². The second-order valence-electron chi connectivity index (χ2n) is 7.28. The Morgan fingerprint density at radius 1 is 1.28 bits per heavy atom. The van der Waals surface area contributed by atoms with Crippen LogP contribution in [0.4, 0.5) is 21.7 Å². The molecule has 0 saturated carbocycles. The molecular formula is C20H25ClFN5O2. The number of carbonyl (C=O) groups excluding carboxylic acids is 1. The molecule has 1 aliphatic heterocycles. The first kappa shape index (κ1) is 21.3. The molecule has 0 unspecified atom stereocenters. The molecule has 1 aromatic carbocycles. The molecule has 1 fully saturated rings. The number of esters is 1. The van der Waals surface area contributed by atoms with E-state index in [1.807, 2.05) is 13.8 Å². The SMILES string of the molecule is CC(C)OC(=O)CN1CCC(Nc2cc(Nc3ccc(F)c(Cl)c3)ncn2)CC1. The van der Waals surface area contributed by atoms with Crippen LogP contribution in [0.5, 0.6) is 0 Å². The van der Waals surface area contributed by atoms with Gasteiger partial charge in [-0.3, -0.25) is 9.69 Å². The van der Waals surface area contributed by atoms with Gasteiger partial charge in [-0.1, -0.05) is 11.6 Å². The van der Waals surface area contributed by atoms with Crippen molar-refractivity contribution in [3.8, 4) is 0 Å². The minimum Gasteiger partial charge on any atom is -0.462 e. The van der Waals surface area contributed by atoms with E-state index >= 15 is 0 Å². The molecule has 2 aromatic rings. The quantitative estimate of drug-likeness (QED) is 0.657. The molecule has 0 atom stereocenters. The van der Waals surface area contributed by atoms with Gasteiger partial charge in [0, 0.05) is 30.9 Å². The highest BCUT2D eigenvalue weighted by atomic mass is 35.5. The number of rotatable bonds is 7. The highest BCUT2D eigenvalue weighted by Crippen LogP contribution is 2.23. The number of halogens is 2. The number of carbonyl (C=O) groups is 1. The number of hydrogen-bond acceptors (Lipinski definition) is 7. The number of benzene rings is 1. The number of piperidine rings is 1. The van der Waals surface area contributed by atoms with Crippen molar-refractivity contribution >= 4 is 34.9 Å². The van der Waals surface area contributed by atoms with Gasteiger partial charge in [-0.25, -0.2) is 14.4 Å². The number of hydrogen-bond donors (Lipinski definition) is 2. The first-order valence-electron chi connectivity index (χ1n) is 9.61. The highest BCUT2D eigenvalue weighted by molar-refractivity contribution is 6.31. The molecule has 1 saturated heterocycles. The Morgan fingerprint density at radius 3 is 2.69 bits per heavy atom. The van der Waals surface area contributed by atoms with Crippen LogP contribution in [0.2, 0.25) is 5.02 Å². The standard InChI is InChI=1S/C20H25ClFN5O2/c1-13(2)29-20(28)11-27-7-5-14(6-8-27)25-18-10-19(24-12-23-18)26-15-3-4-17(22)16(21)9-15/h3-4,9-10,12-14H,5-8,11H2,1-2H3,(H2,23,24,25,26). The summed E-state index contributed by atoms with van der Waals surface area (Å²) in [4.78, 5) is 22.4. The van der Waals surface area contributed by atoms with E-state index < -0.39 is 5.82 Å². The predicted molar refractivity (Wildman–Crippen MR) is 111 cm³/mol. The van der Waals surface area contributed by atoms with Gasteiger partial charge in [-0.2, -0.15) is 0 Å². The molecule has 1 aliphatic rings. The van der Waals surface area contributed by atoms with Crippen molar-refractivity contribution in [2.75, 3.05) is 30.3 Å². The number of ether oxygens (including phenoxy) is 1. The van der Waals surface area contributed by atoms with E-state index in [4.69, 9.17) is 16.3 Å². The van der Waals surface area contributed by atoms with E-state index in [-0.39, 0.29) is 23.1 Å². The molecular weight excluding hydrogens is 397 g/mol. The van der Waals surface area contributed by atoms with E-state index in [1.54, 1.807) is 12.1 Å². The highest BCUT2D eigenvalue weighted by Gasteiger charge is 2.22. The van der Waals surface area contributed by atoms with Crippen molar-refractivity contribution in [1.29, 1.82) is 0 Å². The molecule has 1 aromatic heterocycles. The van der Waals surface area contributed by atoms with E-state index in [0.717, 1.165) is 25.9 Å². The zero-order valence-electron chi connectivity index (χ0n) is 16.5. The monoisotopic (exact) mass is 421 g/mol. The molecule has 7 nitrogen and oxygen atoms in total. The zero-order valence-corrected chi connectivity index (χ0v) is 17.2. The smallest absolute Gasteiger partial charge is 0.320 e. The van der Waals surface area contributed by atoms with Crippen molar-refractivity contribution < 1.29 is 13.9 Å². The molecule has 2 N–H and O–H groups in total. The summed E-state index contributed by atoms with van der Waals surface area (Å²) in [5.74, 6) is 0.636. The Balaban J connectivity index is 1.50. The van der Waals surface area contributed by atoms with Crippen LogP contribution in [0.25, 0.3) is 0 Å². The van der Waals surface area contributed by atoms with Gasteiger partial charge in [0.05, 0.1) is 17.7 Å². The Kier molecular flexibility index (Phi) is 7.22. The number of nitrogens with one attached hydrogen (secondary N) is 2. The molecule has 3 rings (SSSR count). The second-order valence-corrected chi connectivity index (χ2v) is 7.68. The molecule has 0 aliphatic carbocycles. The Bertz CT molecular complexity index is 843. The second kappa shape index (κ2) is 9.84. The van der Waals surface area contributed by atoms with Crippen molar-refractivity contribution in [3.63, 3.8) is 0 Å². The summed E-state index contributed by atoms with van der Waals surface area (Å²) >= 11 is 5.82. The van der Waals surface area contributed by atoms with Crippen LogP contribution in [0.1, 0.15) is 26.7 Å². The summed E-state index contributed by atoms with van der Waals surface area (Å²) in [6.45, 7) is 5.66. The average Bonchev–Trinajstić information content (AvgIpc) is 2.66. The summed E-state index contributed by atoms with van der Waals surface area (Å²) in [6.07, 6.45) is 3.17. The summed E-state index contributed by atoms with van der Waals surface area (Å²) in [7, 11) is 0. The lowest BCUT2D eigenvalue weighted by atomic mass is 10.1. The Hall–Kier alpha value is -2.45. The average molecular weight is 422 g/mol. The van der Waals surface area contributed by atoms with Gasteiger partial charge in [0.2, 0.25) is 0 Å². The maximum atomic E-state index is 13.3. The summed E-state index contributed by atoms with van der Waals surface area (Å²) < 4.78 is 18.5. The van der Waals surface area contributed by atoms with Crippen LogP contribution in [0.15, 0.2) is 30.6 Å². The lowest BCUT2D eigenvalue weighted by Crippen LogP contribution is -2.42. The van der Waals surface area contributed by atoms with E-state index in [9.17, 15) is 9.18 Å². The van der Waals surface area contributed by atoms with Gasteiger partial charge in [0.25, 0.3) is 0 Å². The fraction of sp³-hybridized carbons (Fsp3) is 0.450. The third-order valence-corrected chi connectivity index (χ3v) is 4.81. The van der Waals surface area contributed by atoms with Gasteiger partial charge in [-0.15, -0.1) is 0 Å². The number of anilines is 3. The molecule has 0 radical (unpaired) electrons. The molecule has 2 heterocycles. The lowest BCUT2D eigenvalue weighted by molar-refractivity contribution is -0.148. The van der Waals surface area contributed by atoms with Gasteiger partial charge in [0.15, 0.2) is 0 Å². The van der Waals surface area contributed by atoms with Crippen molar-refractivity contribution in [1.82, 2.24) is 14.9 Å². The summed E-state index contributed by atoms with van der Waals surface area (Å²) in [5, 5.41) is 6.55. The van der Waals surface area contributed by atoms with Crippen LogP contribution in [0, 0.1) is 5.82 Å². The number of likely N-dealkylation sites (tertiary alicyclic amines) is 1. The fourth-order valence-electron chi connectivity index (χ4n) is 3.15. The van der Waals surface area contributed by atoms with Crippen LogP contribution < -0.4 is 10.6 Å². The first-order chi connectivity index (χ1) is 13.9. The molecule has 0 amide bonds. The number of aromatic nitrogens is 2. The van der Waals surface area contributed by atoms with Crippen LogP contribution >= 0.6 is 11.6 Å². The maximum Gasteiger partial charge on any atom is 0.320 e. The van der Waals surface area contributed by atoms with Crippen LogP contribution in [0.3, 0.4) is 0 Å². The molecule has 0 spiro atoms. The van der Waals surface area contributed by atoms with E-state index in [0.29, 0.717) is 23.9 Å². The summed E-state index contributed by atoms with van der Waals surface area (Å²) in [5.41, 5.74) is 0.641. The predicted octanol–water partition coefficient (Wildman–Crippen LogP) is 3.84. The van der Waals surface area contributed by atoms with Gasteiger partial charge in [0.1, 0.15) is 23.8 Å². The fourth-order valence-corrected chi connectivity index (χ4v) is 3.33. The van der Waals surface area contributed by atoms with E-state index in [2.05, 4.69) is 25.5 Å². The van der Waals surface area contributed by atoms with Crippen molar-refractivity contribution in [2.45, 2.75) is 38.8 Å². The Labute approximate surface area is 174 Å². The van der Waals surface area contributed by atoms with Gasteiger partial charge >= 0.3 is 5.97 Å². The molecule has 29 heavy (non-hydrogen) atoms. The first-order valence-corrected chi connectivity index (χ1v) is 9.99. The number of nitrogens with zero attached hydrogens (tertiary/aromatic N) is 3. The molecule has 156 valence electrons.